The Bertz CT molecular complexity index is 889. The molecule has 0 saturated heterocycles. The number of rotatable bonds is 1. The van der Waals surface area contributed by atoms with E-state index < -0.39 is 0 Å². The molecule has 0 aliphatic rings. The Hall–Kier alpha value is -2.20. The predicted octanol–water partition coefficient (Wildman–Crippen LogP) is 3.94. The van der Waals surface area contributed by atoms with Gasteiger partial charge in [0.2, 0.25) is 0 Å². The first-order chi connectivity index (χ1) is 9.34. The summed E-state index contributed by atoms with van der Waals surface area (Å²) in [7, 11) is 0. The Balaban J connectivity index is 2.12. The van der Waals surface area contributed by atoms with Crippen LogP contribution in [0.3, 0.4) is 0 Å². The fourth-order valence-electron chi connectivity index (χ4n) is 2.44. The van der Waals surface area contributed by atoms with Gasteiger partial charge in [0.15, 0.2) is 0 Å². The molecule has 0 unspecified atom stereocenters. The molecule has 2 heterocycles. The summed E-state index contributed by atoms with van der Waals surface area (Å²) in [5, 5.41) is 2.32. The van der Waals surface area contributed by atoms with Crippen LogP contribution in [0.5, 0.6) is 0 Å². The molecule has 0 amide bonds. The van der Waals surface area contributed by atoms with Crippen LogP contribution in [-0.4, -0.2) is 13.9 Å². The summed E-state index contributed by atoms with van der Waals surface area (Å²) in [5.74, 6) is 0.996. The van der Waals surface area contributed by atoms with Crippen molar-refractivity contribution in [1.82, 2.24) is 13.9 Å². The molecule has 0 radical (unpaired) electrons. The second kappa shape index (κ2) is 3.90. The molecule has 0 aliphatic carbocycles. The van der Waals surface area contributed by atoms with E-state index in [0.29, 0.717) is 0 Å². The molecule has 3 nitrogen and oxygen atoms in total. The zero-order chi connectivity index (χ0) is 12.8. The van der Waals surface area contributed by atoms with E-state index in [1.807, 2.05) is 37.3 Å². The topological polar surface area (TPSA) is 30.7 Å². The molecule has 0 spiro atoms. The third-order valence-corrected chi connectivity index (χ3v) is 4.16. The monoisotopic (exact) mass is 265 g/mol. The summed E-state index contributed by atoms with van der Waals surface area (Å²) < 4.78 is 6.71. The summed E-state index contributed by atoms with van der Waals surface area (Å²) in [6.07, 6.45) is 0. The van der Waals surface area contributed by atoms with Crippen LogP contribution in [-0.2, 0) is 0 Å². The molecule has 0 aliphatic heterocycles. The molecule has 0 saturated carbocycles. The Morgan fingerprint density at radius 2 is 1.68 bits per heavy atom. The standard InChI is InChI=1S/C15H11N3S/c1-10-16-13-8-4-5-9-14(13)18(10)15-11-6-2-3-7-12(11)17-19-15/h2-9H,1H3. The Morgan fingerprint density at radius 1 is 0.947 bits per heavy atom. The Labute approximate surface area is 114 Å². The van der Waals surface area contributed by atoms with Crippen molar-refractivity contribution >= 4 is 33.5 Å². The van der Waals surface area contributed by atoms with E-state index in [1.54, 1.807) is 0 Å². The van der Waals surface area contributed by atoms with E-state index in [-0.39, 0.29) is 0 Å². The van der Waals surface area contributed by atoms with Crippen molar-refractivity contribution in [2.45, 2.75) is 6.92 Å². The lowest BCUT2D eigenvalue weighted by molar-refractivity contribution is 1.03. The SMILES string of the molecule is Cc1nc2ccccc2n1-c1snc2ccccc12. The van der Waals surface area contributed by atoms with E-state index in [4.69, 9.17) is 0 Å². The fraction of sp³-hybridized carbons (Fsp3) is 0.0667. The van der Waals surface area contributed by atoms with Gasteiger partial charge < -0.3 is 0 Å². The molecule has 19 heavy (non-hydrogen) atoms. The van der Waals surface area contributed by atoms with Crippen LogP contribution in [0.1, 0.15) is 5.82 Å². The molecule has 0 bridgehead atoms. The highest BCUT2D eigenvalue weighted by molar-refractivity contribution is 7.10. The summed E-state index contributed by atoms with van der Waals surface area (Å²) in [6, 6.07) is 16.4. The van der Waals surface area contributed by atoms with Crippen LogP contribution in [0.4, 0.5) is 0 Å². The van der Waals surface area contributed by atoms with Gasteiger partial charge in [-0.1, -0.05) is 24.3 Å². The third-order valence-electron chi connectivity index (χ3n) is 3.30. The number of hydrogen-bond donors (Lipinski definition) is 0. The number of para-hydroxylation sites is 2. The predicted molar refractivity (Wildman–Crippen MR) is 79.0 cm³/mol. The van der Waals surface area contributed by atoms with Crippen molar-refractivity contribution in [3.63, 3.8) is 0 Å². The summed E-state index contributed by atoms with van der Waals surface area (Å²) in [5.41, 5.74) is 3.20. The lowest BCUT2D eigenvalue weighted by Gasteiger charge is -2.03. The highest BCUT2D eigenvalue weighted by Crippen LogP contribution is 2.30. The fourth-order valence-corrected chi connectivity index (χ4v) is 3.37. The number of aryl methyl sites for hydroxylation is 1. The maximum atomic E-state index is 4.62. The minimum atomic E-state index is 0.996. The van der Waals surface area contributed by atoms with Gasteiger partial charge in [0.05, 0.1) is 16.6 Å². The van der Waals surface area contributed by atoms with Crippen molar-refractivity contribution in [2.75, 3.05) is 0 Å². The van der Waals surface area contributed by atoms with Gasteiger partial charge in [-0.05, 0) is 42.7 Å². The molecule has 0 N–H and O–H groups in total. The number of aromatic nitrogens is 3. The van der Waals surface area contributed by atoms with Crippen molar-refractivity contribution in [3.05, 3.63) is 54.4 Å². The van der Waals surface area contributed by atoms with E-state index >= 15 is 0 Å². The zero-order valence-corrected chi connectivity index (χ0v) is 11.2. The Kier molecular flexibility index (Phi) is 2.19. The molecule has 4 aromatic rings. The third kappa shape index (κ3) is 1.50. The Morgan fingerprint density at radius 3 is 2.58 bits per heavy atom. The lowest BCUT2D eigenvalue weighted by Crippen LogP contribution is -1.94. The van der Waals surface area contributed by atoms with E-state index in [0.717, 1.165) is 27.4 Å². The van der Waals surface area contributed by atoms with Gasteiger partial charge >= 0.3 is 0 Å². The molecular weight excluding hydrogens is 254 g/mol. The lowest BCUT2D eigenvalue weighted by atomic mass is 10.2. The van der Waals surface area contributed by atoms with Gasteiger partial charge in [0.25, 0.3) is 0 Å². The largest absolute Gasteiger partial charge is 0.286 e. The summed E-state index contributed by atoms with van der Waals surface area (Å²) in [4.78, 5) is 4.62. The maximum Gasteiger partial charge on any atom is 0.129 e. The first-order valence-electron chi connectivity index (χ1n) is 6.13. The van der Waals surface area contributed by atoms with Gasteiger partial charge in [0, 0.05) is 5.39 Å². The van der Waals surface area contributed by atoms with Gasteiger partial charge in [-0.15, -0.1) is 0 Å². The molecular formula is C15H11N3S. The van der Waals surface area contributed by atoms with Gasteiger partial charge in [-0.3, -0.25) is 4.57 Å². The van der Waals surface area contributed by atoms with Crippen molar-refractivity contribution in [2.24, 2.45) is 0 Å². The second-order valence-corrected chi connectivity index (χ2v) is 5.24. The molecule has 0 fully saturated rings. The number of hydrogen-bond acceptors (Lipinski definition) is 3. The van der Waals surface area contributed by atoms with Crippen molar-refractivity contribution in [1.29, 1.82) is 0 Å². The average Bonchev–Trinajstić information content (AvgIpc) is 2.98. The quantitative estimate of drug-likeness (QED) is 0.522. The van der Waals surface area contributed by atoms with Crippen LogP contribution in [0.15, 0.2) is 48.5 Å². The van der Waals surface area contributed by atoms with Crippen LogP contribution < -0.4 is 0 Å². The van der Waals surface area contributed by atoms with E-state index in [2.05, 4.69) is 32.1 Å². The van der Waals surface area contributed by atoms with Gasteiger partial charge in [-0.2, -0.15) is 4.37 Å². The molecule has 2 aromatic heterocycles. The smallest absolute Gasteiger partial charge is 0.129 e. The summed E-state index contributed by atoms with van der Waals surface area (Å²) >= 11 is 1.52. The molecule has 0 atom stereocenters. The first kappa shape index (κ1) is 10.7. The first-order valence-corrected chi connectivity index (χ1v) is 6.91. The number of benzene rings is 2. The van der Waals surface area contributed by atoms with Crippen LogP contribution in [0.2, 0.25) is 0 Å². The summed E-state index contributed by atoms with van der Waals surface area (Å²) in [6.45, 7) is 2.04. The van der Waals surface area contributed by atoms with E-state index in [9.17, 15) is 0 Å². The molecule has 4 heteroatoms. The van der Waals surface area contributed by atoms with Gasteiger partial charge in [0.1, 0.15) is 10.8 Å². The number of nitrogens with zero attached hydrogens (tertiary/aromatic N) is 3. The highest BCUT2D eigenvalue weighted by Gasteiger charge is 2.13. The minimum absolute atomic E-state index is 0.996. The minimum Gasteiger partial charge on any atom is -0.286 e. The van der Waals surface area contributed by atoms with Crippen LogP contribution >= 0.6 is 11.5 Å². The van der Waals surface area contributed by atoms with Crippen molar-refractivity contribution < 1.29 is 0 Å². The maximum absolute atomic E-state index is 4.62. The number of fused-ring (bicyclic) bond motifs is 2. The second-order valence-electron chi connectivity index (χ2n) is 4.49. The van der Waals surface area contributed by atoms with Gasteiger partial charge in [-0.25, -0.2) is 4.98 Å². The van der Waals surface area contributed by atoms with Crippen LogP contribution in [0, 0.1) is 6.92 Å². The highest BCUT2D eigenvalue weighted by atomic mass is 32.1. The normalized spacial score (nSPS) is 11.4. The molecule has 4 rings (SSSR count). The molecule has 2 aromatic carbocycles. The van der Waals surface area contributed by atoms with Crippen LogP contribution in [0.25, 0.3) is 26.9 Å². The van der Waals surface area contributed by atoms with Crippen molar-refractivity contribution in [3.8, 4) is 5.00 Å². The number of imidazole rings is 1. The van der Waals surface area contributed by atoms with E-state index in [1.165, 1.54) is 16.9 Å². The molecule has 92 valence electrons. The average molecular weight is 265 g/mol. The zero-order valence-electron chi connectivity index (χ0n) is 10.4.